The Morgan fingerprint density at radius 1 is 1.22 bits per heavy atom. The van der Waals surface area contributed by atoms with Crippen LogP contribution in [0.15, 0.2) is 24.3 Å². The highest BCUT2D eigenvalue weighted by molar-refractivity contribution is 7.53. The van der Waals surface area contributed by atoms with E-state index >= 15 is 0 Å². The van der Waals surface area contributed by atoms with Crippen molar-refractivity contribution in [1.29, 1.82) is 0 Å². The van der Waals surface area contributed by atoms with Gasteiger partial charge in [0.25, 0.3) is 0 Å². The fraction of sp³-hybridized carbons (Fsp3) is 0.462. The van der Waals surface area contributed by atoms with E-state index < -0.39 is 7.80 Å². The predicted octanol–water partition coefficient (Wildman–Crippen LogP) is 2.49. The number of hydrogen-bond donors (Lipinski definition) is 0. The lowest BCUT2D eigenvalue weighted by Gasteiger charge is -2.02. The molecule has 1 rings (SSSR count). The first-order chi connectivity index (χ1) is 8.69. The molecule has 0 aromatic heterocycles. The van der Waals surface area contributed by atoms with Crippen LogP contribution in [0.25, 0.3) is 0 Å². The number of ether oxygens (including phenoxy) is 2. The van der Waals surface area contributed by atoms with E-state index in [0.29, 0.717) is 24.3 Å². The van der Waals surface area contributed by atoms with E-state index in [1.807, 2.05) is 19.1 Å². The van der Waals surface area contributed by atoms with Gasteiger partial charge in [-0.05, 0) is 26.0 Å². The van der Waals surface area contributed by atoms with Crippen molar-refractivity contribution < 1.29 is 18.8 Å². The summed E-state index contributed by atoms with van der Waals surface area (Å²) in [7, 11) is -1.63. The van der Waals surface area contributed by atoms with Gasteiger partial charge < -0.3 is 9.47 Å². The van der Waals surface area contributed by atoms with Crippen LogP contribution in [0.3, 0.4) is 0 Å². The molecule has 1 aromatic carbocycles. The van der Waals surface area contributed by atoms with E-state index in [1.165, 1.54) is 0 Å². The average Bonchev–Trinajstić information content (AvgIpc) is 2.37. The molecule has 4 nitrogen and oxygen atoms in total. The van der Waals surface area contributed by atoms with E-state index in [0.717, 1.165) is 0 Å². The van der Waals surface area contributed by atoms with Crippen LogP contribution in [-0.4, -0.2) is 25.3 Å². The van der Waals surface area contributed by atoms with Crippen LogP contribution in [0, 0.1) is 0 Å². The van der Waals surface area contributed by atoms with Gasteiger partial charge in [-0.15, -0.1) is 0 Å². The van der Waals surface area contributed by atoms with Gasteiger partial charge in [0.05, 0.1) is 19.6 Å². The van der Waals surface area contributed by atoms with Crippen molar-refractivity contribution in [2.24, 2.45) is 0 Å². The minimum absolute atomic E-state index is 0.170. The SMILES string of the molecule is CCOC(=O)CC[P+](=O)c1ccccc1OCC. The van der Waals surface area contributed by atoms with E-state index in [-0.39, 0.29) is 18.6 Å². The molecule has 0 aliphatic heterocycles. The number of carbonyl (C=O) groups excluding carboxylic acids is 1. The second-order valence-electron chi connectivity index (χ2n) is 3.56. The van der Waals surface area contributed by atoms with Crippen LogP contribution in [0.5, 0.6) is 5.75 Å². The zero-order chi connectivity index (χ0) is 13.4. The molecule has 98 valence electrons. The molecular weight excluding hydrogens is 251 g/mol. The largest absolute Gasteiger partial charge is 0.489 e. The highest BCUT2D eigenvalue weighted by atomic mass is 31.1. The fourth-order valence-corrected chi connectivity index (χ4v) is 2.75. The number of benzene rings is 1. The Morgan fingerprint density at radius 3 is 2.61 bits per heavy atom. The quantitative estimate of drug-likeness (QED) is 0.563. The maximum absolute atomic E-state index is 12.1. The number of carbonyl (C=O) groups is 1. The van der Waals surface area contributed by atoms with Crippen molar-refractivity contribution in [3.63, 3.8) is 0 Å². The Kier molecular flexibility index (Phi) is 6.37. The second-order valence-corrected chi connectivity index (χ2v) is 5.24. The lowest BCUT2D eigenvalue weighted by Crippen LogP contribution is -2.09. The molecule has 0 aliphatic rings. The van der Waals surface area contributed by atoms with Crippen molar-refractivity contribution in [3.8, 4) is 5.75 Å². The molecule has 18 heavy (non-hydrogen) atoms. The number of rotatable bonds is 7. The Morgan fingerprint density at radius 2 is 1.94 bits per heavy atom. The summed E-state index contributed by atoms with van der Waals surface area (Å²) in [5.41, 5.74) is 0. The maximum Gasteiger partial charge on any atom is 0.381 e. The molecule has 0 saturated carbocycles. The highest BCUT2D eigenvalue weighted by Gasteiger charge is 2.25. The zero-order valence-electron chi connectivity index (χ0n) is 10.7. The normalized spacial score (nSPS) is 10.9. The zero-order valence-corrected chi connectivity index (χ0v) is 11.6. The van der Waals surface area contributed by atoms with Crippen molar-refractivity contribution in [2.75, 3.05) is 19.4 Å². The van der Waals surface area contributed by atoms with Crippen LogP contribution in [-0.2, 0) is 14.1 Å². The second kappa shape index (κ2) is 7.83. The van der Waals surface area contributed by atoms with E-state index in [9.17, 15) is 9.36 Å². The van der Waals surface area contributed by atoms with Crippen molar-refractivity contribution in [2.45, 2.75) is 20.3 Å². The summed E-state index contributed by atoms with van der Waals surface area (Å²) in [5, 5.41) is 0.665. The lowest BCUT2D eigenvalue weighted by atomic mass is 10.3. The number of para-hydroxylation sites is 1. The molecule has 0 saturated heterocycles. The van der Waals surface area contributed by atoms with Gasteiger partial charge in [0.15, 0.2) is 11.9 Å². The smallest absolute Gasteiger partial charge is 0.381 e. The summed E-state index contributed by atoms with van der Waals surface area (Å²) in [6.45, 7) is 4.51. The predicted molar refractivity (Wildman–Crippen MR) is 71.0 cm³/mol. The third kappa shape index (κ3) is 4.46. The Balaban J connectivity index is 2.63. The van der Waals surface area contributed by atoms with Crippen molar-refractivity contribution in [3.05, 3.63) is 24.3 Å². The molecule has 0 N–H and O–H groups in total. The molecule has 0 fully saturated rings. The minimum atomic E-state index is -1.63. The van der Waals surface area contributed by atoms with Crippen LogP contribution >= 0.6 is 7.80 Å². The van der Waals surface area contributed by atoms with Gasteiger partial charge in [-0.25, -0.2) is 0 Å². The summed E-state index contributed by atoms with van der Waals surface area (Å²) >= 11 is 0. The molecule has 0 spiro atoms. The van der Waals surface area contributed by atoms with Crippen LogP contribution in [0.2, 0.25) is 0 Å². The Hall–Kier alpha value is -1.41. The van der Waals surface area contributed by atoms with Gasteiger partial charge in [0, 0.05) is 0 Å². The summed E-state index contributed by atoms with van der Waals surface area (Å²) in [6.07, 6.45) is 0.460. The topological polar surface area (TPSA) is 52.6 Å². The summed E-state index contributed by atoms with van der Waals surface area (Å²) in [4.78, 5) is 11.2. The fourth-order valence-electron chi connectivity index (χ4n) is 1.49. The van der Waals surface area contributed by atoms with Crippen LogP contribution < -0.4 is 10.0 Å². The maximum atomic E-state index is 12.1. The number of esters is 1. The number of hydrogen-bond acceptors (Lipinski definition) is 4. The Labute approximate surface area is 108 Å². The Bertz CT molecular complexity index is 417. The van der Waals surface area contributed by atoms with Crippen molar-refractivity contribution >= 4 is 19.1 Å². The molecule has 0 aliphatic carbocycles. The molecule has 1 atom stereocenters. The molecule has 5 heteroatoms. The van der Waals surface area contributed by atoms with Gasteiger partial charge in [-0.2, -0.15) is 0 Å². The third-order valence-electron chi connectivity index (χ3n) is 2.26. The molecule has 1 unspecified atom stereocenters. The summed E-state index contributed by atoms with van der Waals surface area (Å²) in [5.74, 6) is 0.319. The molecule has 1 aromatic rings. The van der Waals surface area contributed by atoms with Gasteiger partial charge in [0.1, 0.15) is 0 Å². The lowest BCUT2D eigenvalue weighted by molar-refractivity contribution is -0.142. The first-order valence-corrected chi connectivity index (χ1v) is 7.45. The first-order valence-electron chi connectivity index (χ1n) is 6.01. The van der Waals surface area contributed by atoms with E-state index in [2.05, 4.69) is 0 Å². The standard InChI is InChI=1S/C13H18O4P/c1-3-16-11-7-5-6-8-12(11)18(15)10-9-13(14)17-4-2/h5-8H,3-4,9-10H2,1-2H3/q+1. The molecule has 0 bridgehead atoms. The van der Waals surface area contributed by atoms with E-state index in [1.54, 1.807) is 19.1 Å². The molecule has 0 heterocycles. The van der Waals surface area contributed by atoms with Gasteiger partial charge in [-0.3, -0.25) is 4.79 Å². The van der Waals surface area contributed by atoms with Gasteiger partial charge >= 0.3 is 13.8 Å². The summed E-state index contributed by atoms with van der Waals surface area (Å²) < 4.78 is 22.3. The molecule has 0 amide bonds. The van der Waals surface area contributed by atoms with Crippen molar-refractivity contribution in [1.82, 2.24) is 0 Å². The minimum Gasteiger partial charge on any atom is -0.489 e. The first kappa shape index (κ1) is 14.7. The van der Waals surface area contributed by atoms with E-state index in [4.69, 9.17) is 9.47 Å². The van der Waals surface area contributed by atoms with Gasteiger partial charge in [-0.1, -0.05) is 16.7 Å². The average molecular weight is 269 g/mol. The molecular formula is C13H18O4P+. The van der Waals surface area contributed by atoms with Crippen LogP contribution in [0.1, 0.15) is 20.3 Å². The highest BCUT2D eigenvalue weighted by Crippen LogP contribution is 2.26. The third-order valence-corrected chi connectivity index (χ3v) is 3.79. The molecule has 0 radical (unpaired) electrons. The van der Waals surface area contributed by atoms with Crippen LogP contribution in [0.4, 0.5) is 0 Å². The van der Waals surface area contributed by atoms with Gasteiger partial charge in [0.2, 0.25) is 5.30 Å². The summed E-state index contributed by atoms with van der Waals surface area (Å²) in [6, 6.07) is 7.21. The monoisotopic (exact) mass is 269 g/mol.